The van der Waals surface area contributed by atoms with Gasteiger partial charge in [0.25, 0.3) is 0 Å². The molecule has 0 aliphatic heterocycles. The highest BCUT2D eigenvalue weighted by Crippen LogP contribution is 1.94. The summed E-state index contributed by atoms with van der Waals surface area (Å²) in [7, 11) is 0. The van der Waals surface area contributed by atoms with Crippen molar-refractivity contribution >= 4 is 0 Å². The number of aromatic nitrogens is 1. The van der Waals surface area contributed by atoms with Gasteiger partial charge >= 0.3 is 0 Å². The number of rotatable bonds is 1. The predicted molar refractivity (Wildman–Crippen MR) is 56.3 cm³/mol. The Kier molecular flexibility index (Phi) is 14.6. The van der Waals surface area contributed by atoms with Crippen LogP contribution in [-0.4, -0.2) is 4.98 Å². The lowest BCUT2D eigenvalue weighted by molar-refractivity contribution is 1.12. The molecule has 0 bridgehead atoms. The third-order valence-corrected chi connectivity index (χ3v) is 1.16. The first-order valence-corrected chi connectivity index (χ1v) is 4.82. The van der Waals surface area contributed by atoms with Crippen molar-refractivity contribution in [2.75, 3.05) is 0 Å². The molecule has 1 aromatic rings. The maximum atomic E-state index is 3.89. The summed E-state index contributed by atoms with van der Waals surface area (Å²) in [6.45, 7) is 10.1. The van der Waals surface area contributed by atoms with Gasteiger partial charge in [0.1, 0.15) is 0 Å². The Morgan fingerprint density at radius 2 is 1.42 bits per heavy atom. The summed E-state index contributed by atoms with van der Waals surface area (Å²) >= 11 is 0. The van der Waals surface area contributed by atoms with E-state index < -0.39 is 0 Å². The molecular weight excluding hydrogens is 146 g/mol. The van der Waals surface area contributed by atoms with Gasteiger partial charge < -0.3 is 0 Å². The summed E-state index contributed by atoms with van der Waals surface area (Å²) in [5.74, 6) is 0. The van der Waals surface area contributed by atoms with E-state index >= 15 is 0 Å². The fourth-order valence-corrected chi connectivity index (χ4v) is 0.618. The molecule has 0 aliphatic carbocycles. The summed E-state index contributed by atoms with van der Waals surface area (Å²) in [5.41, 5.74) is 1.35. The van der Waals surface area contributed by atoms with Gasteiger partial charge in [-0.25, -0.2) is 0 Å². The average Bonchev–Trinajstić information content (AvgIpc) is 2.25. The number of aryl methyl sites for hydroxylation is 1. The molecular formula is C11H21N. The molecule has 70 valence electrons. The van der Waals surface area contributed by atoms with E-state index in [1.807, 2.05) is 52.2 Å². The molecule has 0 atom stereocenters. The van der Waals surface area contributed by atoms with Crippen molar-refractivity contribution in [2.45, 2.75) is 41.0 Å². The lowest BCUT2D eigenvalue weighted by atomic mass is 10.2. The van der Waals surface area contributed by atoms with E-state index in [-0.39, 0.29) is 0 Å². The highest BCUT2D eigenvalue weighted by molar-refractivity contribution is 5.08. The fraction of sp³-hybridized carbons (Fsp3) is 0.545. The van der Waals surface area contributed by atoms with Crippen molar-refractivity contribution in [3.05, 3.63) is 30.1 Å². The molecule has 1 rings (SSSR count). The van der Waals surface area contributed by atoms with Crippen LogP contribution in [0.25, 0.3) is 0 Å². The summed E-state index contributed by atoms with van der Waals surface area (Å²) < 4.78 is 0. The van der Waals surface area contributed by atoms with E-state index in [0.29, 0.717) is 0 Å². The number of hydrogen-bond acceptors (Lipinski definition) is 1. The van der Waals surface area contributed by atoms with Gasteiger partial charge in [-0.3, -0.25) is 4.98 Å². The van der Waals surface area contributed by atoms with Crippen LogP contribution in [0.5, 0.6) is 0 Å². The van der Waals surface area contributed by atoms with Crippen molar-refractivity contribution < 1.29 is 0 Å². The van der Waals surface area contributed by atoms with Crippen molar-refractivity contribution in [3.8, 4) is 0 Å². The Balaban J connectivity index is 0. The van der Waals surface area contributed by atoms with Crippen LogP contribution in [0.15, 0.2) is 24.5 Å². The van der Waals surface area contributed by atoms with E-state index in [9.17, 15) is 0 Å². The maximum Gasteiger partial charge on any atom is 0.0270 e. The quantitative estimate of drug-likeness (QED) is 0.621. The summed E-state index contributed by atoms with van der Waals surface area (Å²) in [5, 5.41) is 0. The zero-order valence-corrected chi connectivity index (χ0v) is 8.96. The highest BCUT2D eigenvalue weighted by atomic mass is 14.6. The highest BCUT2D eigenvalue weighted by Gasteiger charge is 1.80. The first-order valence-electron chi connectivity index (χ1n) is 4.82. The topological polar surface area (TPSA) is 12.9 Å². The number of hydrogen-bond donors (Lipinski definition) is 0. The van der Waals surface area contributed by atoms with E-state index in [2.05, 4.69) is 11.9 Å². The Hall–Kier alpha value is -0.850. The van der Waals surface area contributed by atoms with Crippen molar-refractivity contribution in [1.82, 2.24) is 4.98 Å². The molecule has 0 saturated carbocycles. The lowest BCUT2D eigenvalue weighted by Gasteiger charge is -1.89. The molecule has 1 heterocycles. The van der Waals surface area contributed by atoms with Gasteiger partial charge in [0.05, 0.1) is 0 Å². The van der Waals surface area contributed by atoms with Crippen LogP contribution in [0, 0.1) is 0 Å². The standard InChI is InChI=1S/C7H9N.2C2H6/c1-2-7-3-5-8-6-4-7;2*1-2/h3-6H,2H2,1H3;2*1-2H3. The first-order chi connectivity index (χ1) is 5.93. The van der Waals surface area contributed by atoms with Crippen LogP contribution in [-0.2, 0) is 6.42 Å². The summed E-state index contributed by atoms with van der Waals surface area (Å²) in [6.07, 6.45) is 4.74. The second-order valence-corrected chi connectivity index (χ2v) is 1.71. The lowest BCUT2D eigenvalue weighted by Crippen LogP contribution is -1.76. The van der Waals surface area contributed by atoms with Crippen LogP contribution < -0.4 is 0 Å². The van der Waals surface area contributed by atoms with Gasteiger partial charge in [-0.2, -0.15) is 0 Å². The van der Waals surface area contributed by atoms with Crippen LogP contribution in [0.1, 0.15) is 40.2 Å². The third-order valence-electron chi connectivity index (χ3n) is 1.16. The molecule has 0 saturated heterocycles. The maximum absolute atomic E-state index is 3.89. The molecule has 1 aromatic heterocycles. The number of pyridine rings is 1. The van der Waals surface area contributed by atoms with Crippen LogP contribution in [0.2, 0.25) is 0 Å². The van der Waals surface area contributed by atoms with Gasteiger partial charge in [0.15, 0.2) is 0 Å². The minimum absolute atomic E-state index is 1.10. The molecule has 0 aliphatic rings. The molecule has 0 amide bonds. The molecule has 12 heavy (non-hydrogen) atoms. The van der Waals surface area contributed by atoms with E-state index in [4.69, 9.17) is 0 Å². The normalized spacial score (nSPS) is 7.08. The number of nitrogens with zero attached hydrogens (tertiary/aromatic N) is 1. The van der Waals surface area contributed by atoms with E-state index in [1.165, 1.54) is 5.56 Å². The summed E-state index contributed by atoms with van der Waals surface area (Å²) in [4.78, 5) is 3.89. The first kappa shape index (κ1) is 13.7. The van der Waals surface area contributed by atoms with E-state index in [0.717, 1.165) is 6.42 Å². The van der Waals surface area contributed by atoms with Gasteiger partial charge in [-0.1, -0.05) is 34.6 Å². The Morgan fingerprint density at radius 3 is 1.67 bits per heavy atom. The third kappa shape index (κ3) is 7.26. The summed E-state index contributed by atoms with van der Waals surface area (Å²) in [6, 6.07) is 4.06. The smallest absolute Gasteiger partial charge is 0.0270 e. The molecule has 0 unspecified atom stereocenters. The van der Waals surface area contributed by atoms with Crippen molar-refractivity contribution in [3.63, 3.8) is 0 Å². The SMILES string of the molecule is CC.CC.CCc1ccncc1. The molecule has 0 N–H and O–H groups in total. The van der Waals surface area contributed by atoms with Gasteiger partial charge in [0.2, 0.25) is 0 Å². The molecule has 1 nitrogen and oxygen atoms in total. The van der Waals surface area contributed by atoms with Crippen molar-refractivity contribution in [1.29, 1.82) is 0 Å². The molecule has 1 heteroatoms. The Bertz CT molecular complexity index is 146. The van der Waals surface area contributed by atoms with Gasteiger partial charge in [-0.05, 0) is 24.1 Å². The fourth-order valence-electron chi connectivity index (χ4n) is 0.618. The minimum atomic E-state index is 1.10. The van der Waals surface area contributed by atoms with Crippen LogP contribution in [0.4, 0.5) is 0 Å². The largest absolute Gasteiger partial charge is 0.265 e. The Morgan fingerprint density at radius 1 is 1.00 bits per heavy atom. The minimum Gasteiger partial charge on any atom is -0.265 e. The molecule has 0 aromatic carbocycles. The monoisotopic (exact) mass is 167 g/mol. The van der Waals surface area contributed by atoms with Crippen molar-refractivity contribution in [2.24, 2.45) is 0 Å². The molecule has 0 fully saturated rings. The molecule has 0 spiro atoms. The average molecular weight is 167 g/mol. The van der Waals surface area contributed by atoms with Gasteiger partial charge in [0, 0.05) is 12.4 Å². The predicted octanol–water partition coefficient (Wildman–Crippen LogP) is 3.70. The Labute approximate surface area is 76.9 Å². The van der Waals surface area contributed by atoms with Crippen LogP contribution in [0.3, 0.4) is 0 Å². The van der Waals surface area contributed by atoms with E-state index in [1.54, 1.807) is 0 Å². The van der Waals surface area contributed by atoms with Gasteiger partial charge in [-0.15, -0.1) is 0 Å². The zero-order valence-electron chi connectivity index (χ0n) is 8.96. The second kappa shape index (κ2) is 12.8. The second-order valence-electron chi connectivity index (χ2n) is 1.71. The zero-order chi connectivity index (χ0) is 9.82. The van der Waals surface area contributed by atoms with Crippen LogP contribution >= 0.6 is 0 Å². The molecule has 0 radical (unpaired) electrons.